The number of nitrogens with zero attached hydrogens (tertiary/aromatic N) is 1. The highest BCUT2D eigenvalue weighted by molar-refractivity contribution is 5.77. The van der Waals surface area contributed by atoms with Gasteiger partial charge in [-0.25, -0.2) is 0 Å². The molecule has 1 N–H and O–H groups in total. The molecule has 3 nitrogen and oxygen atoms in total. The molecule has 1 saturated carbocycles. The van der Waals surface area contributed by atoms with Crippen LogP contribution >= 0.6 is 0 Å². The van der Waals surface area contributed by atoms with Crippen LogP contribution in [0.1, 0.15) is 56.2 Å². The molecule has 25 heavy (non-hydrogen) atoms. The van der Waals surface area contributed by atoms with E-state index in [1.807, 2.05) is 11.8 Å². The molecule has 1 saturated heterocycles. The Hall–Kier alpha value is -1.56. The van der Waals surface area contributed by atoms with E-state index >= 15 is 0 Å². The SMILES string of the molecule is CC(c1cccc(C(F)(F)F)c1)N(C(=O)CCC1CCNC1)C1CC1. The number of halogens is 3. The van der Waals surface area contributed by atoms with Gasteiger partial charge in [-0.3, -0.25) is 4.79 Å². The molecule has 1 aliphatic heterocycles. The summed E-state index contributed by atoms with van der Waals surface area (Å²) >= 11 is 0. The van der Waals surface area contributed by atoms with Gasteiger partial charge in [0, 0.05) is 12.5 Å². The smallest absolute Gasteiger partial charge is 0.333 e. The molecule has 0 aromatic heterocycles. The number of carbonyl (C=O) groups excluding carboxylic acids is 1. The number of carbonyl (C=O) groups is 1. The Labute approximate surface area is 146 Å². The Morgan fingerprint density at radius 2 is 2.08 bits per heavy atom. The maximum absolute atomic E-state index is 13.0. The van der Waals surface area contributed by atoms with E-state index in [0.717, 1.165) is 44.8 Å². The number of benzene rings is 1. The monoisotopic (exact) mass is 354 g/mol. The number of hydrogen-bond donors (Lipinski definition) is 1. The van der Waals surface area contributed by atoms with Crippen molar-refractivity contribution in [2.24, 2.45) is 5.92 Å². The van der Waals surface area contributed by atoms with Crippen LogP contribution in [0, 0.1) is 5.92 Å². The molecular weight excluding hydrogens is 329 g/mol. The normalized spacial score (nSPS) is 22.0. The zero-order valence-corrected chi connectivity index (χ0v) is 14.5. The van der Waals surface area contributed by atoms with Gasteiger partial charge in [0.05, 0.1) is 11.6 Å². The summed E-state index contributed by atoms with van der Waals surface area (Å²) in [5.41, 5.74) is -0.102. The van der Waals surface area contributed by atoms with E-state index in [1.165, 1.54) is 12.1 Å². The average molecular weight is 354 g/mol. The van der Waals surface area contributed by atoms with E-state index in [1.54, 1.807) is 6.07 Å². The Morgan fingerprint density at radius 3 is 2.68 bits per heavy atom. The fraction of sp³-hybridized carbons (Fsp3) is 0.632. The fourth-order valence-electron chi connectivity index (χ4n) is 3.64. The number of amides is 1. The zero-order chi connectivity index (χ0) is 18.0. The third kappa shape index (κ3) is 4.54. The van der Waals surface area contributed by atoms with Crippen LogP contribution in [-0.4, -0.2) is 29.9 Å². The van der Waals surface area contributed by atoms with Crippen LogP contribution in [0.15, 0.2) is 24.3 Å². The number of hydrogen-bond acceptors (Lipinski definition) is 2. The quantitative estimate of drug-likeness (QED) is 0.832. The maximum Gasteiger partial charge on any atom is 0.416 e. The van der Waals surface area contributed by atoms with Crippen molar-refractivity contribution in [2.45, 2.75) is 57.3 Å². The lowest BCUT2D eigenvalue weighted by molar-refractivity contribution is -0.137. The first-order valence-corrected chi connectivity index (χ1v) is 9.05. The van der Waals surface area contributed by atoms with Crippen molar-refractivity contribution in [3.63, 3.8) is 0 Å². The third-order valence-electron chi connectivity index (χ3n) is 5.27. The van der Waals surface area contributed by atoms with Crippen LogP contribution in [0.3, 0.4) is 0 Å². The first-order chi connectivity index (χ1) is 11.9. The van der Waals surface area contributed by atoms with Crippen molar-refractivity contribution in [1.82, 2.24) is 10.2 Å². The van der Waals surface area contributed by atoms with Gasteiger partial charge in [-0.05, 0) is 69.3 Å². The lowest BCUT2D eigenvalue weighted by Crippen LogP contribution is -2.35. The first kappa shape index (κ1) is 18.2. The Balaban J connectivity index is 1.70. The van der Waals surface area contributed by atoms with Crippen LogP contribution in [0.4, 0.5) is 13.2 Å². The molecule has 2 fully saturated rings. The van der Waals surface area contributed by atoms with E-state index in [2.05, 4.69) is 5.32 Å². The molecular formula is C19H25F3N2O. The Morgan fingerprint density at radius 1 is 1.32 bits per heavy atom. The molecule has 3 rings (SSSR count). The van der Waals surface area contributed by atoms with Gasteiger partial charge in [-0.2, -0.15) is 13.2 Å². The molecule has 2 atom stereocenters. The Bertz CT molecular complexity index is 607. The summed E-state index contributed by atoms with van der Waals surface area (Å²) in [7, 11) is 0. The van der Waals surface area contributed by atoms with Gasteiger partial charge in [0.1, 0.15) is 0 Å². The average Bonchev–Trinajstić information content (AvgIpc) is 3.26. The summed E-state index contributed by atoms with van der Waals surface area (Å²) in [5, 5.41) is 3.30. The van der Waals surface area contributed by atoms with Crippen molar-refractivity contribution in [1.29, 1.82) is 0 Å². The van der Waals surface area contributed by atoms with E-state index in [9.17, 15) is 18.0 Å². The second-order valence-electron chi connectivity index (χ2n) is 7.23. The van der Waals surface area contributed by atoms with E-state index in [0.29, 0.717) is 17.9 Å². The molecule has 1 aromatic carbocycles. The minimum atomic E-state index is -4.36. The molecule has 2 aliphatic rings. The van der Waals surface area contributed by atoms with Gasteiger partial charge in [-0.1, -0.05) is 12.1 Å². The molecule has 1 amide bonds. The van der Waals surface area contributed by atoms with Gasteiger partial charge >= 0.3 is 6.18 Å². The molecule has 1 aliphatic carbocycles. The molecule has 138 valence electrons. The van der Waals surface area contributed by atoms with Gasteiger partial charge < -0.3 is 10.2 Å². The minimum absolute atomic E-state index is 0.0688. The summed E-state index contributed by atoms with van der Waals surface area (Å²) < 4.78 is 38.9. The second-order valence-corrected chi connectivity index (χ2v) is 7.23. The molecule has 6 heteroatoms. The summed E-state index contributed by atoms with van der Waals surface area (Å²) in [6.45, 7) is 3.80. The maximum atomic E-state index is 13.0. The van der Waals surface area contributed by atoms with Crippen LogP contribution in [0.2, 0.25) is 0 Å². The largest absolute Gasteiger partial charge is 0.416 e. The highest BCUT2D eigenvalue weighted by Gasteiger charge is 2.37. The van der Waals surface area contributed by atoms with Gasteiger partial charge in [-0.15, -0.1) is 0 Å². The number of nitrogens with one attached hydrogen (secondary N) is 1. The molecule has 0 radical (unpaired) electrons. The van der Waals surface area contributed by atoms with Crippen molar-refractivity contribution in [2.75, 3.05) is 13.1 Å². The third-order valence-corrected chi connectivity index (χ3v) is 5.27. The molecule has 0 bridgehead atoms. The van der Waals surface area contributed by atoms with E-state index in [4.69, 9.17) is 0 Å². The minimum Gasteiger partial charge on any atom is -0.333 e. The fourth-order valence-corrected chi connectivity index (χ4v) is 3.64. The summed E-state index contributed by atoms with van der Waals surface area (Å²) in [6.07, 6.45) is -0.0456. The lowest BCUT2D eigenvalue weighted by atomic mass is 10.00. The standard InChI is InChI=1S/C19H25F3N2O/c1-13(15-3-2-4-16(11-15)19(20,21)22)24(17-6-7-17)18(25)8-5-14-9-10-23-12-14/h2-4,11,13-14,17,23H,5-10,12H2,1H3. The van der Waals surface area contributed by atoms with Gasteiger partial charge in [0.15, 0.2) is 0 Å². The second kappa shape index (κ2) is 7.36. The topological polar surface area (TPSA) is 32.3 Å². The highest BCUT2D eigenvalue weighted by Crippen LogP contribution is 2.37. The highest BCUT2D eigenvalue weighted by atomic mass is 19.4. The predicted molar refractivity (Wildman–Crippen MR) is 89.9 cm³/mol. The van der Waals surface area contributed by atoms with Gasteiger partial charge in [0.25, 0.3) is 0 Å². The van der Waals surface area contributed by atoms with Crippen molar-refractivity contribution < 1.29 is 18.0 Å². The first-order valence-electron chi connectivity index (χ1n) is 9.05. The van der Waals surface area contributed by atoms with Crippen LogP contribution in [0.5, 0.6) is 0 Å². The predicted octanol–water partition coefficient (Wildman–Crippen LogP) is 4.15. The molecule has 2 unspecified atom stereocenters. The van der Waals surface area contributed by atoms with Crippen LogP contribution in [0.25, 0.3) is 0 Å². The van der Waals surface area contributed by atoms with E-state index in [-0.39, 0.29) is 18.0 Å². The summed E-state index contributed by atoms with van der Waals surface area (Å²) in [6, 6.07) is 5.21. The van der Waals surface area contributed by atoms with Crippen LogP contribution in [-0.2, 0) is 11.0 Å². The molecule has 1 aromatic rings. The van der Waals surface area contributed by atoms with Crippen molar-refractivity contribution >= 4 is 5.91 Å². The molecule has 0 spiro atoms. The molecule has 1 heterocycles. The number of alkyl halides is 3. The number of rotatable bonds is 6. The Kier molecular flexibility index (Phi) is 5.37. The summed E-state index contributed by atoms with van der Waals surface area (Å²) in [5.74, 6) is 0.605. The van der Waals surface area contributed by atoms with Crippen molar-refractivity contribution in [3.05, 3.63) is 35.4 Å². The lowest BCUT2D eigenvalue weighted by Gasteiger charge is -2.30. The van der Waals surface area contributed by atoms with Gasteiger partial charge in [0.2, 0.25) is 5.91 Å². The zero-order valence-electron chi connectivity index (χ0n) is 14.5. The van der Waals surface area contributed by atoms with Crippen molar-refractivity contribution in [3.8, 4) is 0 Å². The van der Waals surface area contributed by atoms with Crippen LogP contribution < -0.4 is 5.32 Å². The van der Waals surface area contributed by atoms with E-state index < -0.39 is 11.7 Å². The summed E-state index contributed by atoms with van der Waals surface area (Å²) in [4.78, 5) is 14.6.